The standard InChI is InChI=1S/C23H29F2N5O4/c1-14(2)33-19-7-8-20(29-28-19)34-18-12-15(23(32)27-10-9-17(26)22(24)25)5-6-16(18)13-30-11-3-4-21(30)31/h5-8,12,14,17,22H,3-4,9-11,13,26H2,1-2H3,(H,27,32). The summed E-state index contributed by atoms with van der Waals surface area (Å²) in [6, 6.07) is 6.72. The van der Waals surface area contributed by atoms with Crippen molar-refractivity contribution in [2.75, 3.05) is 13.1 Å². The first-order valence-corrected chi connectivity index (χ1v) is 11.1. The van der Waals surface area contributed by atoms with Gasteiger partial charge in [0.15, 0.2) is 0 Å². The number of carbonyl (C=O) groups excluding carboxylic acids is 2. The van der Waals surface area contributed by atoms with Crippen LogP contribution in [-0.4, -0.2) is 58.6 Å². The molecule has 1 aromatic carbocycles. The van der Waals surface area contributed by atoms with Crippen LogP contribution in [-0.2, 0) is 11.3 Å². The van der Waals surface area contributed by atoms with Crippen molar-refractivity contribution in [1.82, 2.24) is 20.4 Å². The summed E-state index contributed by atoms with van der Waals surface area (Å²) >= 11 is 0. The lowest BCUT2D eigenvalue weighted by molar-refractivity contribution is -0.128. The zero-order valence-electron chi connectivity index (χ0n) is 19.2. The van der Waals surface area contributed by atoms with Gasteiger partial charge in [-0.25, -0.2) is 8.78 Å². The smallest absolute Gasteiger partial charge is 0.253 e. The highest BCUT2D eigenvalue weighted by molar-refractivity contribution is 5.94. The van der Waals surface area contributed by atoms with E-state index in [1.807, 2.05) is 13.8 Å². The van der Waals surface area contributed by atoms with E-state index in [0.717, 1.165) is 6.42 Å². The van der Waals surface area contributed by atoms with E-state index in [1.54, 1.807) is 29.2 Å². The van der Waals surface area contributed by atoms with Crippen LogP contribution in [0.2, 0.25) is 0 Å². The minimum Gasteiger partial charge on any atom is -0.474 e. The molecule has 1 saturated heterocycles. The average Bonchev–Trinajstić information content (AvgIpc) is 3.20. The number of ether oxygens (including phenoxy) is 2. The fourth-order valence-corrected chi connectivity index (χ4v) is 3.36. The molecule has 2 heterocycles. The first-order chi connectivity index (χ1) is 16.2. The van der Waals surface area contributed by atoms with E-state index in [0.29, 0.717) is 36.7 Å². The molecule has 0 spiro atoms. The molecule has 184 valence electrons. The maximum absolute atomic E-state index is 12.6. The summed E-state index contributed by atoms with van der Waals surface area (Å²) in [5.74, 6) is 0.467. The normalized spacial score (nSPS) is 14.6. The fraction of sp³-hybridized carbons (Fsp3) is 0.478. The lowest BCUT2D eigenvalue weighted by Crippen LogP contribution is -2.34. The Morgan fingerprint density at radius 3 is 2.56 bits per heavy atom. The second-order valence-electron chi connectivity index (χ2n) is 8.26. The van der Waals surface area contributed by atoms with Gasteiger partial charge in [0.05, 0.1) is 12.1 Å². The molecule has 2 aromatic rings. The number of nitrogens with zero attached hydrogens (tertiary/aromatic N) is 3. The topological polar surface area (TPSA) is 120 Å². The summed E-state index contributed by atoms with van der Waals surface area (Å²) in [6.07, 6.45) is -1.47. The molecule has 3 rings (SSSR count). The third-order valence-electron chi connectivity index (χ3n) is 5.14. The molecule has 0 aliphatic carbocycles. The van der Waals surface area contributed by atoms with Crippen LogP contribution in [0.3, 0.4) is 0 Å². The van der Waals surface area contributed by atoms with Crippen molar-refractivity contribution in [1.29, 1.82) is 0 Å². The number of hydrogen-bond donors (Lipinski definition) is 2. The van der Waals surface area contributed by atoms with Gasteiger partial charge in [0.2, 0.25) is 17.7 Å². The number of hydrogen-bond acceptors (Lipinski definition) is 7. The first kappa shape index (κ1) is 25.3. The van der Waals surface area contributed by atoms with Crippen LogP contribution >= 0.6 is 0 Å². The van der Waals surface area contributed by atoms with Gasteiger partial charge in [0.25, 0.3) is 12.3 Å². The number of rotatable bonds is 11. The van der Waals surface area contributed by atoms with Crippen molar-refractivity contribution in [3.05, 3.63) is 41.5 Å². The van der Waals surface area contributed by atoms with Crippen molar-refractivity contribution < 1.29 is 27.8 Å². The summed E-state index contributed by atoms with van der Waals surface area (Å²) in [7, 11) is 0. The SMILES string of the molecule is CC(C)Oc1ccc(Oc2cc(C(=O)NCCC(N)C(F)F)ccc2CN2CCCC2=O)nn1. The number of amides is 2. The van der Waals surface area contributed by atoms with Gasteiger partial charge in [-0.2, -0.15) is 0 Å². The Morgan fingerprint density at radius 1 is 1.21 bits per heavy atom. The number of benzene rings is 1. The number of alkyl halides is 2. The van der Waals surface area contributed by atoms with Crippen molar-refractivity contribution in [3.63, 3.8) is 0 Å². The Hall–Kier alpha value is -3.34. The molecule has 0 radical (unpaired) electrons. The fourth-order valence-electron chi connectivity index (χ4n) is 3.36. The van der Waals surface area contributed by atoms with Gasteiger partial charge in [-0.15, -0.1) is 10.2 Å². The third kappa shape index (κ3) is 7.08. The molecule has 1 aliphatic rings. The van der Waals surface area contributed by atoms with E-state index in [1.165, 1.54) is 6.07 Å². The van der Waals surface area contributed by atoms with Crippen molar-refractivity contribution >= 4 is 11.8 Å². The van der Waals surface area contributed by atoms with Gasteiger partial charge < -0.3 is 25.4 Å². The highest BCUT2D eigenvalue weighted by Crippen LogP contribution is 2.28. The number of likely N-dealkylation sites (tertiary alicyclic amines) is 1. The molecule has 1 fully saturated rings. The molecule has 0 saturated carbocycles. The molecule has 3 N–H and O–H groups in total. The predicted molar refractivity (Wildman–Crippen MR) is 120 cm³/mol. The lowest BCUT2D eigenvalue weighted by Gasteiger charge is -2.19. The van der Waals surface area contributed by atoms with Crippen molar-refractivity contribution in [3.8, 4) is 17.5 Å². The average molecular weight is 478 g/mol. The second kappa shape index (κ2) is 11.7. The van der Waals surface area contributed by atoms with Crippen LogP contribution < -0.4 is 20.5 Å². The molecule has 1 aromatic heterocycles. The number of carbonyl (C=O) groups is 2. The molecule has 2 amide bonds. The number of halogens is 2. The second-order valence-corrected chi connectivity index (χ2v) is 8.26. The monoisotopic (exact) mass is 477 g/mol. The Labute approximate surface area is 196 Å². The highest BCUT2D eigenvalue weighted by atomic mass is 19.3. The van der Waals surface area contributed by atoms with E-state index < -0.39 is 18.4 Å². The summed E-state index contributed by atoms with van der Waals surface area (Å²) < 4.78 is 36.5. The summed E-state index contributed by atoms with van der Waals surface area (Å²) in [5, 5.41) is 10.6. The Morgan fingerprint density at radius 2 is 1.94 bits per heavy atom. The van der Waals surface area contributed by atoms with E-state index in [-0.39, 0.29) is 36.4 Å². The van der Waals surface area contributed by atoms with Gasteiger partial charge in [0, 0.05) is 49.3 Å². The quantitative estimate of drug-likeness (QED) is 0.511. The minimum atomic E-state index is -2.65. The number of nitrogens with one attached hydrogen (secondary N) is 1. The zero-order chi connectivity index (χ0) is 24.7. The molecule has 1 unspecified atom stereocenters. The third-order valence-corrected chi connectivity index (χ3v) is 5.14. The molecule has 11 heteroatoms. The van der Waals surface area contributed by atoms with Gasteiger partial charge in [-0.3, -0.25) is 9.59 Å². The molecular weight excluding hydrogens is 448 g/mol. The maximum Gasteiger partial charge on any atom is 0.253 e. The first-order valence-electron chi connectivity index (χ1n) is 11.1. The van der Waals surface area contributed by atoms with E-state index in [9.17, 15) is 18.4 Å². The summed E-state index contributed by atoms with van der Waals surface area (Å²) in [4.78, 5) is 26.4. The minimum absolute atomic E-state index is 0.00729. The van der Waals surface area contributed by atoms with Crippen LogP contribution in [0, 0.1) is 0 Å². The van der Waals surface area contributed by atoms with Crippen molar-refractivity contribution in [2.45, 2.75) is 58.2 Å². The van der Waals surface area contributed by atoms with Gasteiger partial charge >= 0.3 is 0 Å². The van der Waals surface area contributed by atoms with E-state index in [2.05, 4.69) is 15.5 Å². The highest BCUT2D eigenvalue weighted by Gasteiger charge is 2.22. The van der Waals surface area contributed by atoms with Crippen LogP contribution in [0.25, 0.3) is 0 Å². The van der Waals surface area contributed by atoms with Crippen LogP contribution in [0.4, 0.5) is 8.78 Å². The van der Waals surface area contributed by atoms with Crippen LogP contribution in [0.1, 0.15) is 49.0 Å². The number of nitrogens with two attached hydrogens (primary N) is 1. The maximum atomic E-state index is 12.6. The molecular formula is C23H29F2N5O4. The molecule has 34 heavy (non-hydrogen) atoms. The predicted octanol–water partition coefficient (Wildman–Crippen LogP) is 2.89. The molecule has 1 atom stereocenters. The number of aromatic nitrogens is 2. The van der Waals surface area contributed by atoms with Crippen LogP contribution in [0.15, 0.2) is 30.3 Å². The Kier molecular flexibility index (Phi) is 8.69. The van der Waals surface area contributed by atoms with E-state index in [4.69, 9.17) is 15.2 Å². The Bertz CT molecular complexity index is 988. The van der Waals surface area contributed by atoms with Gasteiger partial charge in [-0.1, -0.05) is 6.07 Å². The van der Waals surface area contributed by atoms with Crippen molar-refractivity contribution in [2.24, 2.45) is 5.73 Å². The largest absolute Gasteiger partial charge is 0.474 e. The molecule has 0 bridgehead atoms. The van der Waals surface area contributed by atoms with Gasteiger partial charge in [-0.05, 0) is 38.8 Å². The Balaban J connectivity index is 1.77. The van der Waals surface area contributed by atoms with E-state index >= 15 is 0 Å². The lowest BCUT2D eigenvalue weighted by atomic mass is 10.1. The van der Waals surface area contributed by atoms with Crippen LogP contribution in [0.5, 0.6) is 17.5 Å². The zero-order valence-corrected chi connectivity index (χ0v) is 19.2. The van der Waals surface area contributed by atoms with Gasteiger partial charge in [0.1, 0.15) is 5.75 Å². The summed E-state index contributed by atoms with van der Waals surface area (Å²) in [5.41, 5.74) is 6.28. The molecule has 9 nitrogen and oxygen atoms in total. The summed E-state index contributed by atoms with van der Waals surface area (Å²) in [6.45, 7) is 4.71. The molecule has 1 aliphatic heterocycles.